The summed E-state index contributed by atoms with van der Waals surface area (Å²) in [4.78, 5) is 37.9. The van der Waals surface area contributed by atoms with Crippen LogP contribution in [0.15, 0.2) is 42.5 Å². The predicted octanol–water partition coefficient (Wildman–Crippen LogP) is 3.48. The van der Waals surface area contributed by atoms with Crippen molar-refractivity contribution in [3.05, 3.63) is 59.2 Å². The van der Waals surface area contributed by atoms with Gasteiger partial charge < -0.3 is 15.0 Å². The van der Waals surface area contributed by atoms with E-state index >= 15 is 0 Å². The summed E-state index contributed by atoms with van der Waals surface area (Å²) < 4.78 is 5.13. The highest BCUT2D eigenvalue weighted by atomic mass is 16.5. The topological polar surface area (TPSA) is 75.7 Å². The largest absolute Gasteiger partial charge is 0.452 e. The molecule has 0 bridgehead atoms. The molecule has 0 radical (unpaired) electrons. The standard InChI is InChI=1S/C22H24N2O4/c1-3-16-7-4-6-15(2)21(16)23-19(25)14-28-22(27)17-9-11-18(12-10-17)24-13-5-8-20(24)26/h4,6-7,9-12H,3,5,8,13-14H2,1-2H3,(H,23,25). The van der Waals surface area contributed by atoms with Gasteiger partial charge in [0.1, 0.15) is 0 Å². The first-order valence-corrected chi connectivity index (χ1v) is 9.45. The normalized spacial score (nSPS) is 13.5. The lowest BCUT2D eigenvalue weighted by Crippen LogP contribution is -2.24. The molecule has 2 aromatic carbocycles. The molecule has 0 saturated carbocycles. The Hall–Kier alpha value is -3.15. The Kier molecular flexibility index (Phi) is 6.09. The molecule has 1 saturated heterocycles. The van der Waals surface area contributed by atoms with Gasteiger partial charge in [-0.1, -0.05) is 25.1 Å². The van der Waals surface area contributed by atoms with Gasteiger partial charge in [0.15, 0.2) is 6.61 Å². The predicted molar refractivity (Wildman–Crippen MR) is 107 cm³/mol. The first-order chi connectivity index (χ1) is 13.5. The molecule has 6 nitrogen and oxygen atoms in total. The number of hydrogen-bond donors (Lipinski definition) is 1. The number of benzene rings is 2. The number of carbonyl (C=O) groups excluding carboxylic acids is 3. The van der Waals surface area contributed by atoms with Gasteiger partial charge in [0.2, 0.25) is 5.91 Å². The minimum atomic E-state index is -0.574. The van der Waals surface area contributed by atoms with E-state index in [1.165, 1.54) is 0 Å². The molecule has 28 heavy (non-hydrogen) atoms. The first kappa shape index (κ1) is 19.6. The zero-order valence-electron chi connectivity index (χ0n) is 16.2. The third kappa shape index (κ3) is 4.39. The number of aryl methyl sites for hydroxylation is 2. The van der Waals surface area contributed by atoms with Gasteiger partial charge in [-0.25, -0.2) is 4.79 Å². The second kappa shape index (κ2) is 8.69. The molecule has 1 aliphatic heterocycles. The lowest BCUT2D eigenvalue weighted by atomic mass is 10.1. The van der Waals surface area contributed by atoms with E-state index in [0.29, 0.717) is 18.5 Å². The molecule has 0 unspecified atom stereocenters. The van der Waals surface area contributed by atoms with Gasteiger partial charge in [-0.2, -0.15) is 0 Å². The minimum Gasteiger partial charge on any atom is -0.452 e. The average Bonchev–Trinajstić information content (AvgIpc) is 3.13. The molecule has 0 spiro atoms. The van der Waals surface area contributed by atoms with Crippen molar-refractivity contribution < 1.29 is 19.1 Å². The molecule has 0 aliphatic carbocycles. The van der Waals surface area contributed by atoms with E-state index < -0.39 is 5.97 Å². The molecule has 146 valence electrons. The molecule has 1 heterocycles. The van der Waals surface area contributed by atoms with Crippen molar-refractivity contribution in [1.82, 2.24) is 0 Å². The molecule has 0 atom stereocenters. The smallest absolute Gasteiger partial charge is 0.338 e. The van der Waals surface area contributed by atoms with Gasteiger partial charge in [0, 0.05) is 24.3 Å². The second-order valence-corrected chi connectivity index (χ2v) is 6.78. The van der Waals surface area contributed by atoms with Crippen LogP contribution in [0.1, 0.15) is 41.3 Å². The van der Waals surface area contributed by atoms with E-state index in [2.05, 4.69) is 5.32 Å². The minimum absolute atomic E-state index is 0.0923. The molecule has 2 amide bonds. The molecule has 0 aromatic heterocycles. The van der Waals surface area contributed by atoms with E-state index in [1.54, 1.807) is 29.2 Å². The van der Waals surface area contributed by atoms with Crippen LogP contribution in [0.2, 0.25) is 0 Å². The highest BCUT2D eigenvalue weighted by molar-refractivity contribution is 5.98. The third-order valence-corrected chi connectivity index (χ3v) is 4.83. The number of nitrogens with zero attached hydrogens (tertiary/aromatic N) is 1. The number of anilines is 2. The first-order valence-electron chi connectivity index (χ1n) is 9.45. The Morgan fingerprint density at radius 3 is 2.54 bits per heavy atom. The fourth-order valence-corrected chi connectivity index (χ4v) is 3.29. The molecule has 1 N–H and O–H groups in total. The van der Waals surface area contributed by atoms with Crippen LogP contribution in [0.3, 0.4) is 0 Å². The Labute approximate surface area is 164 Å². The maximum atomic E-state index is 12.2. The van der Waals surface area contributed by atoms with Gasteiger partial charge in [-0.15, -0.1) is 0 Å². The van der Waals surface area contributed by atoms with Crippen molar-refractivity contribution in [1.29, 1.82) is 0 Å². The second-order valence-electron chi connectivity index (χ2n) is 6.78. The number of nitrogens with one attached hydrogen (secondary N) is 1. The van der Waals surface area contributed by atoms with Crippen molar-refractivity contribution >= 4 is 29.2 Å². The summed E-state index contributed by atoms with van der Waals surface area (Å²) in [6.45, 7) is 4.28. The van der Waals surface area contributed by atoms with E-state index in [9.17, 15) is 14.4 Å². The van der Waals surface area contributed by atoms with Crippen molar-refractivity contribution in [2.45, 2.75) is 33.1 Å². The van der Waals surface area contributed by atoms with E-state index in [0.717, 1.165) is 35.3 Å². The SMILES string of the molecule is CCc1cccc(C)c1NC(=O)COC(=O)c1ccc(N2CCCC2=O)cc1. The van der Waals surface area contributed by atoms with Gasteiger partial charge >= 0.3 is 5.97 Å². The Balaban J connectivity index is 1.57. The lowest BCUT2D eigenvalue weighted by Gasteiger charge is -2.16. The van der Waals surface area contributed by atoms with Crippen molar-refractivity contribution in [3.63, 3.8) is 0 Å². The lowest BCUT2D eigenvalue weighted by molar-refractivity contribution is -0.119. The van der Waals surface area contributed by atoms with Crippen molar-refractivity contribution in [2.75, 3.05) is 23.4 Å². The summed E-state index contributed by atoms with van der Waals surface area (Å²) in [6, 6.07) is 12.5. The molecule has 1 fully saturated rings. The summed E-state index contributed by atoms with van der Waals surface area (Å²) in [5.41, 5.74) is 3.88. The highest BCUT2D eigenvalue weighted by Crippen LogP contribution is 2.22. The Morgan fingerprint density at radius 1 is 1.14 bits per heavy atom. The maximum absolute atomic E-state index is 12.2. The summed E-state index contributed by atoms with van der Waals surface area (Å²) in [7, 11) is 0. The molecular weight excluding hydrogens is 356 g/mol. The maximum Gasteiger partial charge on any atom is 0.338 e. The van der Waals surface area contributed by atoms with Crippen LogP contribution < -0.4 is 10.2 Å². The Bertz CT molecular complexity index is 890. The summed E-state index contributed by atoms with van der Waals surface area (Å²) in [5, 5.41) is 2.83. The fourth-order valence-electron chi connectivity index (χ4n) is 3.29. The number of esters is 1. The van der Waals surface area contributed by atoms with Crippen LogP contribution >= 0.6 is 0 Å². The number of rotatable bonds is 6. The monoisotopic (exact) mass is 380 g/mol. The van der Waals surface area contributed by atoms with Gasteiger partial charge in [0.05, 0.1) is 5.56 Å². The van der Waals surface area contributed by atoms with E-state index in [1.807, 2.05) is 32.0 Å². The zero-order chi connectivity index (χ0) is 20.1. The van der Waals surface area contributed by atoms with Gasteiger partial charge in [-0.3, -0.25) is 9.59 Å². The van der Waals surface area contributed by atoms with Crippen LogP contribution in [0.25, 0.3) is 0 Å². The molecule has 3 rings (SSSR count). The summed E-state index contributed by atoms with van der Waals surface area (Å²) >= 11 is 0. The number of amides is 2. The summed E-state index contributed by atoms with van der Waals surface area (Å²) in [6.07, 6.45) is 2.20. The van der Waals surface area contributed by atoms with Crippen LogP contribution in [0.4, 0.5) is 11.4 Å². The van der Waals surface area contributed by atoms with Crippen LogP contribution in [-0.2, 0) is 20.7 Å². The molecule has 1 aliphatic rings. The number of ether oxygens (including phenoxy) is 1. The summed E-state index contributed by atoms with van der Waals surface area (Å²) in [5.74, 6) is -0.860. The fraction of sp³-hybridized carbons (Fsp3) is 0.318. The van der Waals surface area contributed by atoms with Crippen LogP contribution in [0.5, 0.6) is 0 Å². The molecule has 2 aromatic rings. The van der Waals surface area contributed by atoms with Crippen LogP contribution in [0, 0.1) is 6.92 Å². The van der Waals surface area contributed by atoms with E-state index in [-0.39, 0.29) is 18.4 Å². The number of carbonyl (C=O) groups is 3. The Morgan fingerprint density at radius 2 is 1.89 bits per heavy atom. The average molecular weight is 380 g/mol. The highest BCUT2D eigenvalue weighted by Gasteiger charge is 2.22. The number of para-hydroxylation sites is 1. The van der Waals surface area contributed by atoms with E-state index in [4.69, 9.17) is 4.74 Å². The van der Waals surface area contributed by atoms with Crippen molar-refractivity contribution in [2.24, 2.45) is 0 Å². The quantitative estimate of drug-likeness (QED) is 0.779. The zero-order valence-corrected chi connectivity index (χ0v) is 16.2. The van der Waals surface area contributed by atoms with Gasteiger partial charge in [0.25, 0.3) is 5.91 Å². The number of hydrogen-bond acceptors (Lipinski definition) is 4. The van der Waals surface area contributed by atoms with Gasteiger partial charge in [-0.05, 0) is 55.2 Å². The molecule has 6 heteroatoms. The van der Waals surface area contributed by atoms with Crippen LogP contribution in [-0.4, -0.2) is 30.9 Å². The van der Waals surface area contributed by atoms with Crippen molar-refractivity contribution in [3.8, 4) is 0 Å². The third-order valence-electron chi connectivity index (χ3n) is 4.83. The molecular formula is C22H24N2O4.